The third kappa shape index (κ3) is 3.36. The van der Waals surface area contributed by atoms with Gasteiger partial charge >= 0.3 is 6.09 Å². The number of nitrogens with zero attached hydrogens (tertiary/aromatic N) is 3. The Morgan fingerprint density at radius 1 is 1.43 bits per heavy atom. The van der Waals surface area contributed by atoms with Crippen molar-refractivity contribution >= 4 is 23.0 Å². The van der Waals surface area contributed by atoms with Crippen molar-refractivity contribution in [2.24, 2.45) is 0 Å². The fraction of sp³-hybridized carbons (Fsp3) is 0.429. The quantitative estimate of drug-likeness (QED) is 0.669. The lowest BCUT2D eigenvalue weighted by Gasteiger charge is -2.06. The maximum Gasteiger partial charge on any atom is 0.406 e. The van der Waals surface area contributed by atoms with Crippen molar-refractivity contribution in [3.8, 4) is 0 Å². The minimum atomic E-state index is -0.451. The van der Waals surface area contributed by atoms with E-state index in [9.17, 15) is 9.59 Å². The summed E-state index contributed by atoms with van der Waals surface area (Å²) in [6.07, 6.45) is 3.67. The molecule has 0 bridgehead atoms. The first-order chi connectivity index (χ1) is 10.0. The van der Waals surface area contributed by atoms with Gasteiger partial charge < -0.3 is 14.6 Å². The third-order valence-electron chi connectivity index (χ3n) is 3.10. The van der Waals surface area contributed by atoms with Gasteiger partial charge in [0.2, 0.25) is 0 Å². The van der Waals surface area contributed by atoms with E-state index in [-0.39, 0.29) is 5.78 Å². The highest BCUT2D eigenvalue weighted by Crippen LogP contribution is 2.18. The van der Waals surface area contributed by atoms with Crippen molar-refractivity contribution in [1.29, 1.82) is 0 Å². The number of Topliss-reactive ketones (excluding diaryl/α,β-unsaturated/α-hetero) is 1. The number of aromatic nitrogens is 3. The fourth-order valence-electron chi connectivity index (χ4n) is 2.07. The molecule has 2 aromatic rings. The Balaban J connectivity index is 2.17. The number of amides is 1. The molecule has 0 aliphatic carbocycles. The summed E-state index contributed by atoms with van der Waals surface area (Å²) in [5, 5.41) is 2.61. The zero-order valence-corrected chi connectivity index (χ0v) is 12.3. The molecule has 2 rings (SSSR count). The minimum absolute atomic E-state index is 0.0374. The first kappa shape index (κ1) is 15.0. The van der Waals surface area contributed by atoms with Gasteiger partial charge in [-0.25, -0.2) is 9.78 Å². The van der Waals surface area contributed by atoms with Crippen LogP contribution in [0.3, 0.4) is 0 Å². The Hall–Kier alpha value is -2.44. The summed E-state index contributed by atoms with van der Waals surface area (Å²) in [5.41, 5.74) is 2.68. The van der Waals surface area contributed by atoms with E-state index in [0.29, 0.717) is 36.2 Å². The maximum atomic E-state index is 11.7. The normalized spacial score (nSPS) is 10.6. The highest BCUT2D eigenvalue weighted by atomic mass is 16.5. The number of nitrogens with one attached hydrogen (secondary N) is 1. The minimum Gasteiger partial charge on any atom is -0.453 e. The van der Waals surface area contributed by atoms with E-state index < -0.39 is 6.09 Å². The van der Waals surface area contributed by atoms with Crippen LogP contribution < -0.4 is 5.32 Å². The average molecular weight is 290 g/mol. The van der Waals surface area contributed by atoms with Gasteiger partial charge in [-0.05, 0) is 20.3 Å². The molecule has 1 N–H and O–H groups in total. The fourth-order valence-corrected chi connectivity index (χ4v) is 2.07. The summed E-state index contributed by atoms with van der Waals surface area (Å²) in [6, 6.07) is 0. The molecule has 112 valence electrons. The number of carbonyl (C=O) groups excluding carboxylic acids is 2. The van der Waals surface area contributed by atoms with Crippen LogP contribution in [0.4, 0.5) is 4.79 Å². The van der Waals surface area contributed by atoms with Crippen LogP contribution in [0.5, 0.6) is 0 Å². The van der Waals surface area contributed by atoms with Gasteiger partial charge in [0.25, 0.3) is 0 Å². The van der Waals surface area contributed by atoms with E-state index in [2.05, 4.69) is 20.0 Å². The molecule has 0 fully saturated rings. The molecule has 0 spiro atoms. The van der Waals surface area contributed by atoms with Gasteiger partial charge in [0, 0.05) is 25.5 Å². The van der Waals surface area contributed by atoms with Crippen LogP contribution in [0.2, 0.25) is 0 Å². The van der Waals surface area contributed by atoms with E-state index in [0.717, 1.165) is 5.69 Å². The molecule has 0 atom stereocenters. The lowest BCUT2D eigenvalue weighted by atomic mass is 10.2. The Morgan fingerprint density at radius 2 is 2.19 bits per heavy atom. The number of fused-ring (bicyclic) bond motifs is 1. The molecule has 0 saturated heterocycles. The smallest absolute Gasteiger partial charge is 0.406 e. The highest BCUT2D eigenvalue weighted by Gasteiger charge is 2.14. The largest absolute Gasteiger partial charge is 0.453 e. The standard InChI is InChI=1S/C14H18N4O3/c1-9-7-16-12-11(10(2)19)8-18(13(12)17-9)6-4-5-15-14(20)21-3/h7-8H,4-6H2,1-3H3,(H,15,20). The molecule has 0 aromatic carbocycles. The van der Waals surface area contributed by atoms with E-state index >= 15 is 0 Å². The number of rotatable bonds is 5. The van der Waals surface area contributed by atoms with Crippen LogP contribution in [0, 0.1) is 6.92 Å². The molecule has 0 aliphatic heterocycles. The molecule has 2 heterocycles. The van der Waals surface area contributed by atoms with E-state index in [1.165, 1.54) is 14.0 Å². The molecule has 0 saturated carbocycles. The second-order valence-corrected chi connectivity index (χ2v) is 4.75. The first-order valence-electron chi connectivity index (χ1n) is 6.68. The molecule has 7 heteroatoms. The highest BCUT2D eigenvalue weighted by molar-refractivity contribution is 6.04. The van der Waals surface area contributed by atoms with Crippen molar-refractivity contribution < 1.29 is 14.3 Å². The van der Waals surface area contributed by atoms with Gasteiger partial charge in [0.15, 0.2) is 11.4 Å². The van der Waals surface area contributed by atoms with E-state index in [4.69, 9.17) is 0 Å². The topological polar surface area (TPSA) is 86.1 Å². The van der Waals surface area contributed by atoms with Crippen LogP contribution in [0.25, 0.3) is 11.2 Å². The molecular weight excluding hydrogens is 272 g/mol. The number of ether oxygens (including phenoxy) is 1. The number of methoxy groups -OCH3 is 1. The van der Waals surface area contributed by atoms with Crippen LogP contribution in [-0.2, 0) is 11.3 Å². The Labute approximate surface area is 122 Å². The number of carbonyl (C=O) groups is 2. The summed E-state index contributed by atoms with van der Waals surface area (Å²) in [5.74, 6) is -0.0374. The van der Waals surface area contributed by atoms with E-state index in [1.807, 2.05) is 11.5 Å². The van der Waals surface area contributed by atoms with Gasteiger partial charge in [-0.3, -0.25) is 9.78 Å². The SMILES string of the molecule is COC(=O)NCCCn1cc(C(C)=O)c2ncc(C)nc21. The molecule has 1 amide bonds. The molecule has 21 heavy (non-hydrogen) atoms. The van der Waals surface area contributed by atoms with Gasteiger partial charge in [0.1, 0.15) is 5.52 Å². The summed E-state index contributed by atoms with van der Waals surface area (Å²) in [7, 11) is 1.33. The second-order valence-electron chi connectivity index (χ2n) is 4.75. The first-order valence-corrected chi connectivity index (χ1v) is 6.68. The van der Waals surface area contributed by atoms with Crippen molar-refractivity contribution in [2.45, 2.75) is 26.8 Å². The zero-order valence-electron chi connectivity index (χ0n) is 12.3. The molecule has 0 unspecified atom stereocenters. The van der Waals surface area contributed by atoms with Gasteiger partial charge in [-0.1, -0.05) is 0 Å². The zero-order chi connectivity index (χ0) is 15.4. The Bertz CT molecular complexity index is 678. The lowest BCUT2D eigenvalue weighted by Crippen LogP contribution is -2.24. The summed E-state index contributed by atoms with van der Waals surface area (Å²) >= 11 is 0. The molecule has 0 aliphatic rings. The maximum absolute atomic E-state index is 11.7. The summed E-state index contributed by atoms with van der Waals surface area (Å²) < 4.78 is 6.39. The third-order valence-corrected chi connectivity index (χ3v) is 3.10. The lowest BCUT2D eigenvalue weighted by molar-refractivity contribution is 0.101. The van der Waals surface area contributed by atoms with Gasteiger partial charge in [-0.2, -0.15) is 0 Å². The summed E-state index contributed by atoms with van der Waals surface area (Å²) in [4.78, 5) is 31.4. The molecule has 0 radical (unpaired) electrons. The number of alkyl carbamates (subject to hydrolysis) is 1. The van der Waals surface area contributed by atoms with Crippen LogP contribution in [0.15, 0.2) is 12.4 Å². The predicted molar refractivity (Wildman–Crippen MR) is 77.3 cm³/mol. The Morgan fingerprint density at radius 3 is 2.86 bits per heavy atom. The molecule has 7 nitrogen and oxygen atoms in total. The van der Waals surface area contributed by atoms with E-state index in [1.54, 1.807) is 12.4 Å². The van der Waals surface area contributed by atoms with Crippen molar-refractivity contribution in [3.05, 3.63) is 23.7 Å². The van der Waals surface area contributed by atoms with Crippen LogP contribution in [0.1, 0.15) is 29.4 Å². The average Bonchev–Trinajstić information content (AvgIpc) is 2.81. The summed E-state index contributed by atoms with van der Waals surface area (Å²) in [6.45, 7) is 4.49. The van der Waals surface area contributed by atoms with Crippen molar-refractivity contribution in [1.82, 2.24) is 19.9 Å². The number of aryl methyl sites for hydroxylation is 2. The molecular formula is C14H18N4O3. The van der Waals surface area contributed by atoms with Gasteiger partial charge in [-0.15, -0.1) is 0 Å². The predicted octanol–water partition coefficient (Wildman–Crippen LogP) is 1.69. The monoisotopic (exact) mass is 290 g/mol. The second kappa shape index (κ2) is 6.34. The van der Waals surface area contributed by atoms with Crippen molar-refractivity contribution in [3.63, 3.8) is 0 Å². The Kier molecular flexibility index (Phi) is 4.52. The van der Waals surface area contributed by atoms with Gasteiger partial charge in [0.05, 0.1) is 18.4 Å². The molecule has 2 aromatic heterocycles. The number of ketones is 1. The number of hydrogen-bond donors (Lipinski definition) is 1. The number of hydrogen-bond acceptors (Lipinski definition) is 5. The van der Waals surface area contributed by atoms with Crippen LogP contribution >= 0.6 is 0 Å². The van der Waals surface area contributed by atoms with Crippen molar-refractivity contribution in [2.75, 3.05) is 13.7 Å². The van der Waals surface area contributed by atoms with Crippen LogP contribution in [-0.4, -0.2) is 40.1 Å².